The average Bonchev–Trinajstić information content (AvgIpc) is 3.28. The van der Waals surface area contributed by atoms with Crippen molar-refractivity contribution in [3.63, 3.8) is 0 Å². The minimum absolute atomic E-state index is 0.215. The van der Waals surface area contributed by atoms with Crippen molar-refractivity contribution in [1.29, 1.82) is 0 Å². The Labute approximate surface area is 215 Å². The fourth-order valence-corrected chi connectivity index (χ4v) is 13.2. The van der Waals surface area contributed by atoms with Crippen LogP contribution in [-0.2, 0) is 0 Å². The Morgan fingerprint density at radius 3 is 1.86 bits per heavy atom. The molecule has 35 heavy (non-hydrogen) atoms. The summed E-state index contributed by atoms with van der Waals surface area (Å²) in [6, 6.07) is 21.3. The third-order valence-corrected chi connectivity index (χ3v) is 15.5. The van der Waals surface area contributed by atoms with E-state index in [2.05, 4.69) is 108 Å². The maximum absolute atomic E-state index is 13.0. The van der Waals surface area contributed by atoms with Crippen LogP contribution in [0.3, 0.4) is 0 Å². The SMILES string of the molecule is C/C=C1\C(C(C)(C)[Si](O)(c2ccccc2)c2ccccc2)C[C@@H]2[C@H]1[C@@H](C)C[C@@H]1[C@H]2[C@@H](C)CC[C@@H]1C. The molecular weight excluding hydrogens is 440 g/mol. The molecule has 3 saturated carbocycles. The van der Waals surface area contributed by atoms with Gasteiger partial charge < -0.3 is 4.80 Å². The van der Waals surface area contributed by atoms with Crippen LogP contribution in [0.1, 0.15) is 67.2 Å². The Balaban J connectivity index is 1.61. The van der Waals surface area contributed by atoms with Crippen LogP contribution in [0.25, 0.3) is 0 Å². The molecule has 5 rings (SSSR count). The minimum atomic E-state index is -3.05. The van der Waals surface area contributed by atoms with Gasteiger partial charge in [0.05, 0.1) is 0 Å². The van der Waals surface area contributed by atoms with E-state index in [9.17, 15) is 4.80 Å². The van der Waals surface area contributed by atoms with Crippen LogP contribution in [0.5, 0.6) is 0 Å². The molecule has 0 amide bonds. The minimum Gasteiger partial charge on any atom is -0.424 e. The molecule has 2 aromatic rings. The van der Waals surface area contributed by atoms with Gasteiger partial charge in [0.2, 0.25) is 0 Å². The van der Waals surface area contributed by atoms with E-state index in [0.717, 1.165) is 45.9 Å². The maximum Gasteiger partial charge on any atom is 0.258 e. The normalized spacial score (nSPS) is 36.6. The summed E-state index contributed by atoms with van der Waals surface area (Å²) in [5, 5.41) is 2.08. The number of rotatable bonds is 4. The predicted octanol–water partition coefficient (Wildman–Crippen LogP) is 7.06. The lowest BCUT2D eigenvalue weighted by Gasteiger charge is -2.52. The Morgan fingerprint density at radius 2 is 1.31 bits per heavy atom. The fourth-order valence-electron chi connectivity index (χ4n) is 9.25. The molecule has 3 aliphatic rings. The molecular formula is C33H46OSi. The van der Waals surface area contributed by atoms with Crippen molar-refractivity contribution in [2.45, 2.75) is 72.3 Å². The van der Waals surface area contributed by atoms with E-state index in [1.54, 1.807) is 5.57 Å². The summed E-state index contributed by atoms with van der Waals surface area (Å²) in [6.45, 7) is 14.7. The first kappa shape index (κ1) is 25.0. The van der Waals surface area contributed by atoms with E-state index in [1.807, 2.05) is 0 Å². The van der Waals surface area contributed by atoms with Crippen molar-refractivity contribution in [2.75, 3.05) is 0 Å². The topological polar surface area (TPSA) is 20.2 Å². The van der Waals surface area contributed by atoms with Gasteiger partial charge in [-0.15, -0.1) is 0 Å². The van der Waals surface area contributed by atoms with Crippen LogP contribution < -0.4 is 10.4 Å². The van der Waals surface area contributed by atoms with E-state index < -0.39 is 8.32 Å². The molecule has 0 heterocycles. The lowest BCUT2D eigenvalue weighted by Crippen LogP contribution is -2.67. The highest BCUT2D eigenvalue weighted by atomic mass is 28.4. The number of fused-ring (bicyclic) bond motifs is 3. The molecule has 3 fully saturated rings. The highest BCUT2D eigenvalue weighted by Gasteiger charge is 2.61. The van der Waals surface area contributed by atoms with Crippen molar-refractivity contribution in [3.05, 3.63) is 72.3 Å². The van der Waals surface area contributed by atoms with E-state index in [1.165, 1.54) is 25.7 Å². The van der Waals surface area contributed by atoms with Crippen LogP contribution in [0.2, 0.25) is 5.04 Å². The van der Waals surface area contributed by atoms with Crippen molar-refractivity contribution < 1.29 is 4.80 Å². The quantitative estimate of drug-likeness (QED) is 0.362. The van der Waals surface area contributed by atoms with Gasteiger partial charge in [-0.1, -0.05) is 120 Å². The summed E-state index contributed by atoms with van der Waals surface area (Å²) in [5.74, 6) is 6.03. The molecule has 2 aromatic carbocycles. The van der Waals surface area contributed by atoms with Gasteiger partial charge in [-0.25, -0.2) is 0 Å². The highest BCUT2D eigenvalue weighted by molar-refractivity contribution is 6.98. The number of hydrogen-bond acceptors (Lipinski definition) is 1. The summed E-state index contributed by atoms with van der Waals surface area (Å²) in [7, 11) is -3.05. The largest absolute Gasteiger partial charge is 0.424 e. The van der Waals surface area contributed by atoms with Gasteiger partial charge in [0.15, 0.2) is 0 Å². The highest BCUT2D eigenvalue weighted by Crippen LogP contribution is 2.65. The molecule has 1 unspecified atom stereocenters. The second-order valence-corrected chi connectivity index (χ2v) is 16.8. The standard InChI is InChI=1S/C33H46OSi/c1-7-27-30(21-29-31-23(3)19-18-22(2)28(31)20-24(4)32(27)29)33(5,6)35(34,25-14-10-8-11-15-25)26-16-12-9-13-17-26/h7-17,22-24,28-32,34H,18-21H2,1-6H3/b27-7+/t22-,23-,24-,28-,29-,30?,31+,32-/m0/s1. The van der Waals surface area contributed by atoms with Gasteiger partial charge in [0.1, 0.15) is 0 Å². The first-order valence-electron chi connectivity index (χ1n) is 14.2. The van der Waals surface area contributed by atoms with Crippen molar-refractivity contribution in [2.24, 2.45) is 47.3 Å². The van der Waals surface area contributed by atoms with Crippen molar-refractivity contribution >= 4 is 18.7 Å². The predicted molar refractivity (Wildman–Crippen MR) is 151 cm³/mol. The zero-order valence-corrected chi connectivity index (χ0v) is 23.7. The third kappa shape index (κ3) is 3.82. The summed E-state index contributed by atoms with van der Waals surface area (Å²) in [6.07, 6.45) is 7.91. The molecule has 0 bridgehead atoms. The van der Waals surface area contributed by atoms with Crippen LogP contribution in [0, 0.1) is 47.3 Å². The second kappa shape index (κ2) is 9.34. The van der Waals surface area contributed by atoms with Gasteiger partial charge in [0, 0.05) is 0 Å². The lowest BCUT2D eigenvalue weighted by molar-refractivity contribution is -0.0207. The molecule has 0 spiro atoms. The Morgan fingerprint density at radius 1 is 0.771 bits per heavy atom. The van der Waals surface area contributed by atoms with Crippen LogP contribution in [0.4, 0.5) is 0 Å². The third-order valence-electron chi connectivity index (χ3n) is 11.0. The molecule has 0 radical (unpaired) electrons. The first-order valence-corrected chi connectivity index (χ1v) is 16.2. The Bertz CT molecular complexity index is 1000. The van der Waals surface area contributed by atoms with Crippen molar-refractivity contribution in [1.82, 2.24) is 0 Å². The second-order valence-electron chi connectivity index (χ2n) is 12.9. The molecule has 8 atom stereocenters. The molecule has 0 aliphatic heterocycles. The molecule has 1 N–H and O–H groups in total. The fraction of sp³-hybridized carbons (Fsp3) is 0.576. The van der Waals surface area contributed by atoms with Gasteiger partial charge in [0.25, 0.3) is 8.32 Å². The van der Waals surface area contributed by atoms with E-state index >= 15 is 0 Å². The van der Waals surface area contributed by atoms with Crippen LogP contribution >= 0.6 is 0 Å². The van der Waals surface area contributed by atoms with Gasteiger partial charge >= 0.3 is 0 Å². The van der Waals surface area contributed by atoms with Gasteiger partial charge in [-0.05, 0) is 82.5 Å². The molecule has 2 heteroatoms. The summed E-state index contributed by atoms with van der Waals surface area (Å²) < 4.78 is 0. The van der Waals surface area contributed by atoms with E-state index in [-0.39, 0.29) is 5.04 Å². The van der Waals surface area contributed by atoms with Crippen molar-refractivity contribution in [3.8, 4) is 0 Å². The van der Waals surface area contributed by atoms with E-state index in [0.29, 0.717) is 11.8 Å². The Hall–Kier alpha value is -1.64. The average molecular weight is 487 g/mol. The maximum atomic E-state index is 13.0. The van der Waals surface area contributed by atoms with Crippen LogP contribution in [-0.4, -0.2) is 13.1 Å². The molecule has 188 valence electrons. The number of benzene rings is 2. The number of hydrogen-bond donors (Lipinski definition) is 1. The summed E-state index contributed by atoms with van der Waals surface area (Å²) in [4.78, 5) is 13.0. The smallest absolute Gasteiger partial charge is 0.258 e. The molecule has 0 aromatic heterocycles. The molecule has 1 nitrogen and oxygen atoms in total. The zero-order valence-electron chi connectivity index (χ0n) is 22.7. The van der Waals surface area contributed by atoms with Gasteiger partial charge in [-0.3, -0.25) is 0 Å². The van der Waals surface area contributed by atoms with E-state index in [4.69, 9.17) is 0 Å². The lowest BCUT2D eigenvalue weighted by atomic mass is 9.53. The van der Waals surface area contributed by atoms with Gasteiger partial charge in [-0.2, -0.15) is 0 Å². The molecule has 3 aliphatic carbocycles. The monoisotopic (exact) mass is 486 g/mol. The Kier molecular flexibility index (Phi) is 6.68. The summed E-state index contributed by atoms with van der Waals surface area (Å²) in [5.41, 5.74) is 1.66. The van der Waals surface area contributed by atoms with Crippen LogP contribution in [0.15, 0.2) is 72.3 Å². The number of allylic oxidation sites excluding steroid dienone is 2. The zero-order chi connectivity index (χ0) is 25.0. The first-order chi connectivity index (χ1) is 16.7. The molecule has 0 saturated heterocycles. The summed E-state index contributed by atoms with van der Waals surface area (Å²) >= 11 is 0.